The number of nitrogens with zero attached hydrogens (tertiary/aromatic N) is 1. The van der Waals surface area contributed by atoms with Crippen molar-refractivity contribution in [2.75, 3.05) is 24.2 Å². The Morgan fingerprint density at radius 1 is 1.45 bits per heavy atom. The lowest BCUT2D eigenvalue weighted by Gasteiger charge is -2.35. The van der Waals surface area contributed by atoms with Gasteiger partial charge in [0, 0.05) is 31.2 Å². The number of halogens is 1. The zero-order valence-corrected chi connectivity index (χ0v) is 12.2. The molecule has 110 valence electrons. The highest BCUT2D eigenvalue weighted by Crippen LogP contribution is 2.24. The van der Waals surface area contributed by atoms with E-state index in [9.17, 15) is 9.18 Å². The second-order valence-corrected chi connectivity index (χ2v) is 5.57. The Hall–Kier alpha value is -1.62. The lowest BCUT2D eigenvalue weighted by Crippen LogP contribution is -2.42. The third-order valence-electron chi connectivity index (χ3n) is 3.85. The second kappa shape index (κ2) is 6.22. The van der Waals surface area contributed by atoms with Gasteiger partial charge in [0.05, 0.1) is 5.69 Å². The molecule has 1 aliphatic rings. The maximum Gasteiger partial charge on any atom is 0.221 e. The van der Waals surface area contributed by atoms with Crippen molar-refractivity contribution in [1.29, 1.82) is 0 Å². The molecule has 1 amide bonds. The molecule has 4 nitrogen and oxygen atoms in total. The molecule has 0 radical (unpaired) electrons. The summed E-state index contributed by atoms with van der Waals surface area (Å²) >= 11 is 0. The fraction of sp³-hybridized carbons (Fsp3) is 0.533. The van der Waals surface area contributed by atoms with Crippen molar-refractivity contribution < 1.29 is 9.18 Å². The van der Waals surface area contributed by atoms with Crippen molar-refractivity contribution in [1.82, 2.24) is 4.90 Å². The van der Waals surface area contributed by atoms with Crippen LogP contribution in [-0.2, 0) is 4.79 Å². The number of nitrogens with one attached hydrogen (secondary N) is 2. The van der Waals surface area contributed by atoms with Gasteiger partial charge < -0.3 is 15.5 Å². The molecule has 1 fully saturated rings. The van der Waals surface area contributed by atoms with Crippen molar-refractivity contribution in [2.24, 2.45) is 0 Å². The first-order chi connectivity index (χ1) is 9.45. The van der Waals surface area contributed by atoms with E-state index in [-0.39, 0.29) is 17.8 Å². The van der Waals surface area contributed by atoms with Crippen LogP contribution in [0.3, 0.4) is 0 Å². The van der Waals surface area contributed by atoms with Gasteiger partial charge in [-0.15, -0.1) is 0 Å². The van der Waals surface area contributed by atoms with Gasteiger partial charge in [0.2, 0.25) is 5.91 Å². The van der Waals surface area contributed by atoms with E-state index in [4.69, 9.17) is 0 Å². The summed E-state index contributed by atoms with van der Waals surface area (Å²) < 4.78 is 13.9. The van der Waals surface area contributed by atoms with Crippen molar-refractivity contribution >= 4 is 17.3 Å². The highest BCUT2D eigenvalue weighted by molar-refractivity contribution is 5.89. The van der Waals surface area contributed by atoms with E-state index < -0.39 is 0 Å². The zero-order valence-electron chi connectivity index (χ0n) is 12.2. The Kier molecular flexibility index (Phi) is 4.60. The third kappa shape index (κ3) is 3.70. The van der Waals surface area contributed by atoms with Crippen LogP contribution in [0.1, 0.15) is 26.7 Å². The van der Waals surface area contributed by atoms with Gasteiger partial charge in [-0.05, 0) is 45.0 Å². The molecule has 0 bridgehead atoms. The Morgan fingerprint density at radius 3 is 2.85 bits per heavy atom. The normalized spacial score (nSPS) is 23.4. The molecule has 1 aromatic carbocycles. The average molecular weight is 279 g/mol. The summed E-state index contributed by atoms with van der Waals surface area (Å²) in [6.07, 6.45) is 1.98. The molecule has 0 spiro atoms. The molecule has 1 aliphatic heterocycles. The molecule has 1 heterocycles. The minimum atomic E-state index is -0.286. The first kappa shape index (κ1) is 14.8. The minimum absolute atomic E-state index is 0.157. The molecule has 5 heteroatoms. The van der Waals surface area contributed by atoms with E-state index in [0.29, 0.717) is 17.4 Å². The number of anilines is 2. The first-order valence-corrected chi connectivity index (χ1v) is 6.99. The number of piperidine rings is 1. The zero-order chi connectivity index (χ0) is 14.7. The van der Waals surface area contributed by atoms with E-state index in [2.05, 4.69) is 29.5 Å². The Labute approximate surface area is 119 Å². The largest absolute Gasteiger partial charge is 0.380 e. The quantitative estimate of drug-likeness (QED) is 0.894. The van der Waals surface area contributed by atoms with Crippen LogP contribution in [0.2, 0.25) is 0 Å². The molecule has 20 heavy (non-hydrogen) atoms. The van der Waals surface area contributed by atoms with Crippen LogP contribution in [0.15, 0.2) is 18.2 Å². The van der Waals surface area contributed by atoms with E-state index in [1.54, 1.807) is 12.1 Å². The Morgan fingerprint density at radius 2 is 2.20 bits per heavy atom. The lowest BCUT2D eigenvalue weighted by atomic mass is 9.98. The van der Waals surface area contributed by atoms with Crippen molar-refractivity contribution in [3.63, 3.8) is 0 Å². The molecule has 2 atom stereocenters. The lowest BCUT2D eigenvalue weighted by molar-refractivity contribution is -0.114. The summed E-state index contributed by atoms with van der Waals surface area (Å²) in [5, 5.41) is 5.93. The predicted molar refractivity (Wildman–Crippen MR) is 79.4 cm³/mol. The average Bonchev–Trinajstić information content (AvgIpc) is 2.37. The number of carbonyl (C=O) groups excluding carboxylic acids is 1. The van der Waals surface area contributed by atoms with Crippen LogP contribution in [0.5, 0.6) is 0 Å². The molecule has 1 saturated heterocycles. The van der Waals surface area contributed by atoms with Gasteiger partial charge in [-0.2, -0.15) is 0 Å². The third-order valence-corrected chi connectivity index (χ3v) is 3.85. The van der Waals surface area contributed by atoms with Gasteiger partial charge >= 0.3 is 0 Å². The smallest absolute Gasteiger partial charge is 0.221 e. The molecule has 2 unspecified atom stereocenters. The van der Waals surface area contributed by atoms with Crippen LogP contribution >= 0.6 is 0 Å². The summed E-state index contributed by atoms with van der Waals surface area (Å²) in [4.78, 5) is 13.4. The van der Waals surface area contributed by atoms with Crippen molar-refractivity contribution in [2.45, 2.75) is 38.8 Å². The standard InChI is InChI=1S/C15H22FN3O/c1-10-8-13(6-7-19(10)3)18-15-9-12(17-11(2)20)4-5-14(15)16/h4-5,9-10,13,18H,6-8H2,1-3H3,(H,17,20). The van der Waals surface area contributed by atoms with E-state index in [0.717, 1.165) is 19.4 Å². The number of hydrogen-bond donors (Lipinski definition) is 2. The highest BCUT2D eigenvalue weighted by Gasteiger charge is 2.23. The van der Waals surface area contributed by atoms with E-state index >= 15 is 0 Å². The number of hydrogen-bond acceptors (Lipinski definition) is 3. The molecule has 2 rings (SSSR count). The molecule has 0 saturated carbocycles. The predicted octanol–water partition coefficient (Wildman–Crippen LogP) is 2.68. The van der Waals surface area contributed by atoms with E-state index in [1.807, 2.05) is 0 Å². The van der Waals surface area contributed by atoms with Gasteiger partial charge in [0.15, 0.2) is 0 Å². The summed E-state index contributed by atoms with van der Waals surface area (Å²) in [6.45, 7) is 4.62. The number of benzene rings is 1. The monoisotopic (exact) mass is 279 g/mol. The fourth-order valence-corrected chi connectivity index (χ4v) is 2.56. The molecule has 0 aromatic heterocycles. The van der Waals surface area contributed by atoms with Crippen LogP contribution in [0, 0.1) is 5.82 Å². The van der Waals surface area contributed by atoms with Crippen LogP contribution in [-0.4, -0.2) is 36.5 Å². The molecular weight excluding hydrogens is 257 g/mol. The molecule has 1 aromatic rings. The van der Waals surface area contributed by atoms with E-state index in [1.165, 1.54) is 13.0 Å². The Balaban J connectivity index is 2.06. The first-order valence-electron chi connectivity index (χ1n) is 6.99. The maximum absolute atomic E-state index is 13.9. The van der Waals surface area contributed by atoms with Crippen LogP contribution in [0.25, 0.3) is 0 Å². The summed E-state index contributed by atoms with van der Waals surface area (Å²) in [6, 6.07) is 5.36. The van der Waals surface area contributed by atoms with Gasteiger partial charge in [-0.25, -0.2) is 4.39 Å². The number of likely N-dealkylation sites (tertiary alicyclic amines) is 1. The summed E-state index contributed by atoms with van der Waals surface area (Å²) in [7, 11) is 2.11. The molecule has 2 N–H and O–H groups in total. The SMILES string of the molecule is CC(=O)Nc1ccc(F)c(NC2CCN(C)C(C)C2)c1. The minimum Gasteiger partial charge on any atom is -0.380 e. The number of amides is 1. The molecular formula is C15H22FN3O. The number of carbonyl (C=O) groups is 1. The highest BCUT2D eigenvalue weighted by atomic mass is 19.1. The summed E-state index contributed by atoms with van der Waals surface area (Å²) in [5.74, 6) is -0.443. The fourth-order valence-electron chi connectivity index (χ4n) is 2.56. The van der Waals surface area contributed by atoms with Crippen molar-refractivity contribution in [3.8, 4) is 0 Å². The van der Waals surface area contributed by atoms with Gasteiger partial charge in [-0.1, -0.05) is 0 Å². The van der Waals surface area contributed by atoms with Gasteiger partial charge in [-0.3, -0.25) is 4.79 Å². The van der Waals surface area contributed by atoms with Gasteiger partial charge in [0.25, 0.3) is 0 Å². The summed E-state index contributed by atoms with van der Waals surface area (Å²) in [5.41, 5.74) is 1.07. The van der Waals surface area contributed by atoms with Crippen LogP contribution in [0.4, 0.5) is 15.8 Å². The second-order valence-electron chi connectivity index (χ2n) is 5.57. The topological polar surface area (TPSA) is 44.4 Å². The maximum atomic E-state index is 13.9. The van der Waals surface area contributed by atoms with Crippen molar-refractivity contribution in [3.05, 3.63) is 24.0 Å². The number of rotatable bonds is 3. The van der Waals surface area contributed by atoms with Crippen LogP contribution < -0.4 is 10.6 Å². The van der Waals surface area contributed by atoms with Gasteiger partial charge in [0.1, 0.15) is 5.82 Å². The Bertz CT molecular complexity index is 492. The molecule has 0 aliphatic carbocycles.